The number of benzene rings is 3. The minimum Gasteiger partial charge on any atom is -0.508 e. The number of hydrogen-bond acceptors (Lipinski definition) is 6. The normalized spacial score (nSPS) is 13.1. The molecule has 42 heavy (non-hydrogen) atoms. The van der Waals surface area contributed by atoms with Crippen LogP contribution in [-0.2, 0) is 19.1 Å². The molecule has 0 spiro atoms. The van der Waals surface area contributed by atoms with Crippen LogP contribution in [0.25, 0.3) is 10.8 Å². The largest absolute Gasteiger partial charge is 0.508 e. The number of anilines is 1. The standard InChI is InChI=1S/C32H40N4O6/c1-7-32(5,6)36(29(40)24(19-26(33)38)35-30(41)42-31(2,3)4)27(23-14-10-11-15-25(23)37)28(39)34-22-17-16-20-12-8-9-13-21(20)18-22/h8-18,24,27,37H,7,19H2,1-6H3,(H2,33,38)(H,34,39)(H,35,41). The van der Waals surface area contributed by atoms with Gasteiger partial charge in [-0.2, -0.15) is 0 Å². The number of fused-ring (bicyclic) bond motifs is 1. The fourth-order valence-corrected chi connectivity index (χ4v) is 4.56. The number of phenolic OH excluding ortho intramolecular Hbond substituents is 1. The Kier molecular flexibility index (Phi) is 9.83. The number of para-hydroxylation sites is 1. The van der Waals surface area contributed by atoms with E-state index in [1.54, 1.807) is 58.9 Å². The Bertz CT molecular complexity index is 1460. The van der Waals surface area contributed by atoms with Gasteiger partial charge >= 0.3 is 6.09 Å². The zero-order valence-electron chi connectivity index (χ0n) is 24.9. The van der Waals surface area contributed by atoms with Gasteiger partial charge in [-0.3, -0.25) is 14.4 Å². The molecule has 0 aromatic heterocycles. The highest BCUT2D eigenvalue weighted by molar-refractivity contribution is 6.01. The number of aromatic hydroxyl groups is 1. The zero-order valence-corrected chi connectivity index (χ0v) is 24.9. The van der Waals surface area contributed by atoms with Crippen molar-refractivity contribution < 1.29 is 29.0 Å². The Morgan fingerprint density at radius 2 is 1.55 bits per heavy atom. The van der Waals surface area contributed by atoms with Crippen molar-refractivity contribution in [3.63, 3.8) is 0 Å². The summed E-state index contributed by atoms with van der Waals surface area (Å²) in [4.78, 5) is 54.5. The maximum Gasteiger partial charge on any atom is 0.408 e. The lowest BCUT2D eigenvalue weighted by atomic mass is 9.91. The molecule has 0 fully saturated rings. The molecule has 224 valence electrons. The molecular weight excluding hydrogens is 536 g/mol. The molecule has 0 saturated carbocycles. The SMILES string of the molecule is CCC(C)(C)N(C(=O)C(CC(N)=O)NC(=O)OC(C)(C)C)C(C(=O)Nc1ccc2ccccc2c1)c1ccccc1O. The van der Waals surface area contributed by atoms with E-state index in [2.05, 4.69) is 10.6 Å². The summed E-state index contributed by atoms with van der Waals surface area (Å²) in [5.41, 5.74) is 4.27. The second-order valence-corrected chi connectivity index (χ2v) is 11.8. The number of amides is 4. The minimum absolute atomic E-state index is 0.167. The second-order valence-electron chi connectivity index (χ2n) is 11.8. The number of nitrogens with zero attached hydrogens (tertiary/aromatic N) is 1. The summed E-state index contributed by atoms with van der Waals surface area (Å²) in [6.45, 7) is 10.3. The van der Waals surface area contributed by atoms with Gasteiger partial charge in [0.2, 0.25) is 11.8 Å². The molecule has 0 aliphatic heterocycles. The van der Waals surface area contributed by atoms with Crippen molar-refractivity contribution in [2.45, 2.75) is 77.6 Å². The van der Waals surface area contributed by atoms with E-state index in [1.165, 1.54) is 11.0 Å². The molecule has 0 bridgehead atoms. The summed E-state index contributed by atoms with van der Waals surface area (Å²) in [6.07, 6.45) is -1.06. The van der Waals surface area contributed by atoms with Crippen molar-refractivity contribution >= 4 is 40.3 Å². The molecule has 3 aromatic carbocycles. The summed E-state index contributed by atoms with van der Waals surface area (Å²) in [5.74, 6) is -2.38. The number of ether oxygens (including phenoxy) is 1. The molecule has 4 amide bonds. The summed E-state index contributed by atoms with van der Waals surface area (Å²) in [5, 5.41) is 18.1. The lowest BCUT2D eigenvalue weighted by Gasteiger charge is -2.44. The summed E-state index contributed by atoms with van der Waals surface area (Å²) < 4.78 is 5.33. The fraction of sp³-hybridized carbons (Fsp3) is 0.375. The number of nitrogens with one attached hydrogen (secondary N) is 2. The second kappa shape index (κ2) is 12.9. The van der Waals surface area contributed by atoms with Gasteiger partial charge in [-0.05, 0) is 70.0 Å². The van der Waals surface area contributed by atoms with E-state index in [1.807, 2.05) is 43.3 Å². The van der Waals surface area contributed by atoms with Crippen molar-refractivity contribution in [3.05, 3.63) is 72.3 Å². The third-order valence-electron chi connectivity index (χ3n) is 6.90. The van der Waals surface area contributed by atoms with Gasteiger partial charge in [0, 0.05) is 16.8 Å². The number of carbonyl (C=O) groups is 4. The number of hydrogen-bond donors (Lipinski definition) is 4. The van der Waals surface area contributed by atoms with Gasteiger partial charge in [0.15, 0.2) is 0 Å². The molecule has 10 nitrogen and oxygen atoms in total. The quantitative estimate of drug-likeness (QED) is 0.266. The van der Waals surface area contributed by atoms with Crippen LogP contribution >= 0.6 is 0 Å². The van der Waals surface area contributed by atoms with Crippen LogP contribution in [0.3, 0.4) is 0 Å². The van der Waals surface area contributed by atoms with E-state index in [-0.39, 0.29) is 11.3 Å². The summed E-state index contributed by atoms with van der Waals surface area (Å²) in [6, 6.07) is 16.5. The van der Waals surface area contributed by atoms with Crippen molar-refractivity contribution in [1.29, 1.82) is 0 Å². The van der Waals surface area contributed by atoms with E-state index in [9.17, 15) is 24.3 Å². The molecule has 3 aromatic rings. The predicted octanol–water partition coefficient (Wildman–Crippen LogP) is 5.01. The molecule has 0 aliphatic rings. The van der Waals surface area contributed by atoms with E-state index in [0.29, 0.717) is 12.1 Å². The van der Waals surface area contributed by atoms with Crippen LogP contribution in [0, 0.1) is 0 Å². The van der Waals surface area contributed by atoms with Gasteiger partial charge in [0.1, 0.15) is 23.4 Å². The highest BCUT2D eigenvalue weighted by Crippen LogP contribution is 2.37. The summed E-state index contributed by atoms with van der Waals surface area (Å²) >= 11 is 0. The van der Waals surface area contributed by atoms with Gasteiger partial charge in [0.05, 0.1) is 6.42 Å². The Morgan fingerprint density at radius 3 is 2.14 bits per heavy atom. The topological polar surface area (TPSA) is 151 Å². The highest BCUT2D eigenvalue weighted by Gasteiger charge is 2.44. The van der Waals surface area contributed by atoms with Crippen LogP contribution in [0.2, 0.25) is 0 Å². The highest BCUT2D eigenvalue weighted by atomic mass is 16.6. The van der Waals surface area contributed by atoms with Crippen LogP contribution in [0.4, 0.5) is 10.5 Å². The molecule has 2 atom stereocenters. The maximum absolute atomic E-state index is 14.3. The average Bonchev–Trinajstić information content (AvgIpc) is 2.90. The number of phenols is 1. The Balaban J connectivity index is 2.12. The molecule has 2 unspecified atom stereocenters. The van der Waals surface area contributed by atoms with Crippen molar-refractivity contribution in [3.8, 4) is 5.75 Å². The first-order valence-corrected chi connectivity index (χ1v) is 13.8. The number of carbonyl (C=O) groups excluding carboxylic acids is 4. The van der Waals surface area contributed by atoms with Crippen LogP contribution < -0.4 is 16.4 Å². The lowest BCUT2D eigenvalue weighted by molar-refractivity contribution is -0.148. The molecule has 0 saturated heterocycles. The molecular formula is C32H40N4O6. The molecule has 10 heteroatoms. The molecule has 5 N–H and O–H groups in total. The monoisotopic (exact) mass is 576 g/mol. The molecule has 3 rings (SSSR count). The van der Waals surface area contributed by atoms with Crippen LogP contribution in [0.15, 0.2) is 66.7 Å². The van der Waals surface area contributed by atoms with E-state index in [4.69, 9.17) is 10.5 Å². The minimum atomic E-state index is -1.44. The fourth-order valence-electron chi connectivity index (χ4n) is 4.56. The van der Waals surface area contributed by atoms with Gasteiger partial charge in [-0.1, -0.05) is 55.5 Å². The van der Waals surface area contributed by atoms with E-state index in [0.717, 1.165) is 10.8 Å². The van der Waals surface area contributed by atoms with Crippen LogP contribution in [-0.4, -0.2) is 51.0 Å². The van der Waals surface area contributed by atoms with Crippen molar-refractivity contribution in [2.75, 3.05) is 5.32 Å². The zero-order chi connectivity index (χ0) is 31.2. The van der Waals surface area contributed by atoms with Gasteiger partial charge in [-0.15, -0.1) is 0 Å². The number of rotatable bonds is 10. The van der Waals surface area contributed by atoms with E-state index < -0.39 is 53.5 Å². The van der Waals surface area contributed by atoms with Crippen LogP contribution in [0.5, 0.6) is 5.75 Å². The molecule has 0 radical (unpaired) electrons. The Morgan fingerprint density at radius 1 is 0.929 bits per heavy atom. The first kappa shape index (κ1) is 31.9. The lowest BCUT2D eigenvalue weighted by Crippen LogP contribution is -2.59. The van der Waals surface area contributed by atoms with Gasteiger partial charge in [0.25, 0.3) is 5.91 Å². The van der Waals surface area contributed by atoms with Gasteiger partial charge < -0.3 is 31.1 Å². The first-order chi connectivity index (χ1) is 19.6. The maximum atomic E-state index is 14.3. The third-order valence-corrected chi connectivity index (χ3v) is 6.90. The van der Waals surface area contributed by atoms with Gasteiger partial charge in [-0.25, -0.2) is 4.79 Å². The average molecular weight is 577 g/mol. The number of nitrogens with two attached hydrogens (primary N) is 1. The number of alkyl carbamates (subject to hydrolysis) is 1. The summed E-state index contributed by atoms with van der Waals surface area (Å²) in [7, 11) is 0. The van der Waals surface area contributed by atoms with Crippen LogP contribution in [0.1, 0.15) is 66.0 Å². The van der Waals surface area contributed by atoms with E-state index >= 15 is 0 Å². The molecule has 0 heterocycles. The van der Waals surface area contributed by atoms with Crippen molar-refractivity contribution in [2.24, 2.45) is 5.73 Å². The Labute approximate surface area is 246 Å². The number of primary amides is 1. The first-order valence-electron chi connectivity index (χ1n) is 13.8. The molecule has 0 aliphatic carbocycles. The smallest absolute Gasteiger partial charge is 0.408 e. The Hall–Kier alpha value is -4.60. The third kappa shape index (κ3) is 7.99. The van der Waals surface area contributed by atoms with Crippen molar-refractivity contribution in [1.82, 2.24) is 10.2 Å². The predicted molar refractivity (Wildman–Crippen MR) is 162 cm³/mol.